The number of nitrogens with zero attached hydrogens (tertiary/aromatic N) is 1. The fourth-order valence-corrected chi connectivity index (χ4v) is 10.2. The average Bonchev–Trinajstić information content (AvgIpc) is 3.91. The smallest absolute Gasteiger partial charge is 0.137 e. The van der Waals surface area contributed by atoms with E-state index in [1.54, 1.807) is 11.8 Å². The van der Waals surface area contributed by atoms with Crippen molar-refractivity contribution in [3.63, 3.8) is 0 Å². The Bertz CT molecular complexity index is 3120. The van der Waals surface area contributed by atoms with Crippen LogP contribution in [0, 0.1) is 0 Å². The number of nitrogens with two attached hydrogens (primary N) is 1. The van der Waals surface area contributed by atoms with E-state index in [1.165, 1.54) is 25.7 Å². The van der Waals surface area contributed by atoms with Crippen LogP contribution in [0.2, 0.25) is 0 Å². The lowest BCUT2D eigenvalue weighted by atomic mass is 10.00. The summed E-state index contributed by atoms with van der Waals surface area (Å²) in [5.74, 6) is 0.844. The number of rotatable bonds is 7. The minimum atomic E-state index is 0.815. The molecule has 0 saturated carbocycles. The highest BCUT2D eigenvalue weighted by Crippen LogP contribution is 2.48. The van der Waals surface area contributed by atoms with E-state index in [1.807, 2.05) is 35.6 Å². The molecule has 0 radical (unpaired) electrons. The molecule has 8 aromatic carbocycles. The van der Waals surface area contributed by atoms with Gasteiger partial charge in [0, 0.05) is 87.1 Å². The summed E-state index contributed by atoms with van der Waals surface area (Å²) in [6.45, 7) is 0. The molecule has 0 spiro atoms. The van der Waals surface area contributed by atoms with E-state index >= 15 is 0 Å². The van der Waals surface area contributed by atoms with Crippen LogP contribution in [0.4, 0.5) is 22.7 Å². The average molecular weight is 745 g/mol. The Morgan fingerprint density at radius 2 is 1.04 bits per heavy atom. The van der Waals surface area contributed by atoms with Gasteiger partial charge in [0.2, 0.25) is 0 Å². The van der Waals surface area contributed by atoms with Crippen molar-refractivity contribution in [2.75, 3.05) is 10.6 Å². The molecule has 0 fully saturated rings. The van der Waals surface area contributed by atoms with Crippen molar-refractivity contribution in [3.05, 3.63) is 175 Å². The standard InChI is InChI=1S/C49H32N2O2S2/c50-48-46(54-29-30-10-2-1-3-11-30)28-40-39-14-6-9-17-45(39)55-49(40)47(48)31-18-20-32(21-19-31)51(33-22-24-37-35-12-4-7-15-41(35)52-43(37)26-33)34-23-25-38-36-13-5-8-16-42(36)53-44(38)27-34/h1-28H,29,50H2. The van der Waals surface area contributed by atoms with Crippen molar-refractivity contribution < 1.29 is 8.83 Å². The normalized spacial score (nSPS) is 11.9. The van der Waals surface area contributed by atoms with Crippen LogP contribution in [0.25, 0.3) is 75.2 Å². The largest absolute Gasteiger partial charge is 0.456 e. The third kappa shape index (κ3) is 5.36. The van der Waals surface area contributed by atoms with E-state index < -0.39 is 0 Å². The molecule has 4 nitrogen and oxygen atoms in total. The minimum Gasteiger partial charge on any atom is -0.456 e. The summed E-state index contributed by atoms with van der Waals surface area (Å²) < 4.78 is 15.2. The molecule has 0 aliphatic heterocycles. The first-order valence-corrected chi connectivity index (χ1v) is 20.1. The van der Waals surface area contributed by atoms with Crippen molar-refractivity contribution in [3.8, 4) is 11.1 Å². The molecule has 0 amide bonds. The first-order chi connectivity index (χ1) is 27.2. The van der Waals surface area contributed by atoms with E-state index in [2.05, 4.69) is 150 Å². The number of nitrogen functional groups attached to an aromatic ring is 1. The van der Waals surface area contributed by atoms with E-state index in [4.69, 9.17) is 14.6 Å². The van der Waals surface area contributed by atoms with Gasteiger partial charge in [-0.25, -0.2) is 0 Å². The molecule has 2 N–H and O–H groups in total. The lowest BCUT2D eigenvalue weighted by Gasteiger charge is -2.26. The van der Waals surface area contributed by atoms with Crippen LogP contribution < -0.4 is 10.6 Å². The van der Waals surface area contributed by atoms with Gasteiger partial charge in [-0.1, -0.05) is 97.1 Å². The Balaban J connectivity index is 1.06. The molecule has 11 aromatic rings. The number of thioether (sulfide) groups is 1. The number of hydrogen-bond donors (Lipinski definition) is 1. The van der Waals surface area contributed by atoms with Crippen molar-refractivity contribution in [2.45, 2.75) is 10.6 Å². The molecule has 0 atom stereocenters. The number of fused-ring (bicyclic) bond motifs is 9. The van der Waals surface area contributed by atoms with E-state index in [-0.39, 0.29) is 0 Å². The first kappa shape index (κ1) is 32.0. The maximum Gasteiger partial charge on any atom is 0.137 e. The van der Waals surface area contributed by atoms with Gasteiger partial charge in [-0.05, 0) is 71.8 Å². The summed E-state index contributed by atoms with van der Waals surface area (Å²) in [6.07, 6.45) is 0. The highest BCUT2D eigenvalue weighted by atomic mass is 32.2. The molecular weight excluding hydrogens is 713 g/mol. The monoisotopic (exact) mass is 744 g/mol. The third-order valence-electron chi connectivity index (χ3n) is 10.6. The van der Waals surface area contributed by atoms with Gasteiger partial charge < -0.3 is 19.5 Å². The van der Waals surface area contributed by atoms with Crippen molar-refractivity contribution in [1.82, 2.24) is 0 Å². The number of anilines is 4. The van der Waals surface area contributed by atoms with Crippen molar-refractivity contribution >= 4 is 110 Å². The fourth-order valence-electron chi connectivity index (χ4n) is 7.92. The molecule has 0 bridgehead atoms. The summed E-state index contributed by atoms with van der Waals surface area (Å²) >= 11 is 3.61. The summed E-state index contributed by atoms with van der Waals surface area (Å²) in [7, 11) is 0. The third-order valence-corrected chi connectivity index (χ3v) is 12.9. The van der Waals surface area contributed by atoms with Crippen LogP contribution >= 0.6 is 23.1 Å². The number of thiophene rings is 1. The van der Waals surface area contributed by atoms with Gasteiger partial charge in [0.05, 0.1) is 5.69 Å². The molecule has 55 heavy (non-hydrogen) atoms. The Labute approximate surface area is 325 Å². The molecule has 3 heterocycles. The SMILES string of the molecule is Nc1c(SCc2ccccc2)cc2c(sc3ccccc32)c1-c1ccc(N(c2ccc3c(c2)oc2ccccc23)c2ccc3c(c2)oc2ccccc23)cc1. The molecule has 0 unspecified atom stereocenters. The molecule has 0 aliphatic carbocycles. The Morgan fingerprint density at radius 3 is 1.69 bits per heavy atom. The molecule has 0 saturated heterocycles. The summed E-state index contributed by atoms with van der Waals surface area (Å²) in [5.41, 5.74) is 17.9. The van der Waals surface area contributed by atoms with Crippen LogP contribution in [0.15, 0.2) is 184 Å². The van der Waals surface area contributed by atoms with E-state index in [0.29, 0.717) is 0 Å². The molecule has 11 rings (SSSR count). The van der Waals surface area contributed by atoms with Crippen LogP contribution in [-0.4, -0.2) is 0 Å². The molecule has 3 aromatic heterocycles. The maximum absolute atomic E-state index is 7.17. The number of para-hydroxylation sites is 2. The van der Waals surface area contributed by atoms with Gasteiger partial charge >= 0.3 is 0 Å². The minimum absolute atomic E-state index is 0.815. The molecule has 6 heteroatoms. The Kier molecular flexibility index (Phi) is 7.47. The second-order valence-corrected chi connectivity index (χ2v) is 15.9. The maximum atomic E-state index is 7.17. The van der Waals surface area contributed by atoms with E-state index in [9.17, 15) is 0 Å². The highest BCUT2D eigenvalue weighted by Gasteiger charge is 2.21. The molecule has 0 aliphatic rings. The van der Waals surface area contributed by atoms with Crippen LogP contribution in [-0.2, 0) is 5.75 Å². The molecule has 262 valence electrons. The molecular formula is C49H32N2O2S2. The van der Waals surface area contributed by atoms with Gasteiger partial charge in [0.25, 0.3) is 0 Å². The predicted molar refractivity (Wildman–Crippen MR) is 234 cm³/mol. The number of hydrogen-bond acceptors (Lipinski definition) is 6. The van der Waals surface area contributed by atoms with Gasteiger partial charge in [-0.3, -0.25) is 0 Å². The summed E-state index contributed by atoms with van der Waals surface area (Å²) in [4.78, 5) is 3.37. The summed E-state index contributed by atoms with van der Waals surface area (Å²) in [5, 5.41) is 6.90. The quantitative estimate of drug-likeness (QED) is 0.130. The summed E-state index contributed by atoms with van der Waals surface area (Å²) in [6, 6.07) is 59.7. The zero-order valence-corrected chi connectivity index (χ0v) is 31.2. The lowest BCUT2D eigenvalue weighted by Crippen LogP contribution is -2.09. The van der Waals surface area contributed by atoms with Gasteiger partial charge in [-0.15, -0.1) is 23.1 Å². The highest BCUT2D eigenvalue weighted by molar-refractivity contribution is 7.98. The lowest BCUT2D eigenvalue weighted by molar-refractivity contribution is 0.669. The van der Waals surface area contributed by atoms with Crippen LogP contribution in [0.3, 0.4) is 0 Å². The second kappa shape index (κ2) is 12.8. The van der Waals surface area contributed by atoms with Gasteiger partial charge in [0.1, 0.15) is 22.3 Å². The van der Waals surface area contributed by atoms with Gasteiger partial charge in [0.15, 0.2) is 0 Å². The number of furan rings is 2. The zero-order valence-electron chi connectivity index (χ0n) is 29.5. The zero-order chi connectivity index (χ0) is 36.5. The topological polar surface area (TPSA) is 55.5 Å². The number of benzene rings is 8. The van der Waals surface area contributed by atoms with Crippen LogP contribution in [0.5, 0.6) is 0 Å². The van der Waals surface area contributed by atoms with E-state index in [0.717, 1.165) is 88.4 Å². The predicted octanol–water partition coefficient (Wildman–Crippen LogP) is 14.9. The Hall–Kier alpha value is -6.47. The van der Waals surface area contributed by atoms with Crippen molar-refractivity contribution in [2.24, 2.45) is 0 Å². The Morgan fingerprint density at radius 1 is 0.491 bits per heavy atom. The fraction of sp³-hybridized carbons (Fsp3) is 0.0204. The van der Waals surface area contributed by atoms with Gasteiger partial charge in [-0.2, -0.15) is 0 Å². The first-order valence-electron chi connectivity index (χ1n) is 18.3. The second-order valence-electron chi connectivity index (χ2n) is 13.9. The van der Waals surface area contributed by atoms with Crippen LogP contribution in [0.1, 0.15) is 5.56 Å². The van der Waals surface area contributed by atoms with Crippen molar-refractivity contribution in [1.29, 1.82) is 0 Å².